The average molecular weight is 165 g/mol. The van der Waals surface area contributed by atoms with Gasteiger partial charge >= 0.3 is 0 Å². The van der Waals surface area contributed by atoms with Gasteiger partial charge in [-0.1, -0.05) is 6.58 Å². The van der Waals surface area contributed by atoms with Crippen molar-refractivity contribution < 1.29 is 4.74 Å². The van der Waals surface area contributed by atoms with Crippen LogP contribution in [0, 0.1) is 0 Å². The van der Waals surface area contributed by atoms with Crippen molar-refractivity contribution in [1.29, 1.82) is 0 Å². The van der Waals surface area contributed by atoms with Crippen molar-refractivity contribution in [3.8, 4) is 0 Å². The Morgan fingerprint density at radius 3 is 2.33 bits per heavy atom. The van der Waals surface area contributed by atoms with Gasteiger partial charge in [-0.15, -0.1) is 0 Å². The summed E-state index contributed by atoms with van der Waals surface area (Å²) in [6.07, 6.45) is 5.90. The molecule has 0 radical (unpaired) electrons. The Morgan fingerprint density at radius 2 is 1.92 bits per heavy atom. The molecule has 1 heterocycles. The highest BCUT2D eigenvalue weighted by Crippen LogP contribution is 2.11. The fourth-order valence-electron chi connectivity index (χ4n) is 1.04. The van der Waals surface area contributed by atoms with Gasteiger partial charge in [0.2, 0.25) is 0 Å². The van der Waals surface area contributed by atoms with E-state index in [0.29, 0.717) is 0 Å². The van der Waals surface area contributed by atoms with Crippen molar-refractivity contribution in [2.24, 2.45) is 0 Å². The van der Waals surface area contributed by atoms with Crippen LogP contribution >= 0.6 is 0 Å². The quantitative estimate of drug-likeness (QED) is 0.625. The first-order valence-electron chi connectivity index (χ1n) is 4.14. The molecule has 0 aliphatic carbocycles. The molecule has 0 aliphatic rings. The van der Waals surface area contributed by atoms with E-state index < -0.39 is 0 Å². The van der Waals surface area contributed by atoms with E-state index in [0.717, 1.165) is 0 Å². The van der Waals surface area contributed by atoms with Crippen molar-refractivity contribution in [2.45, 2.75) is 26.2 Å². The van der Waals surface area contributed by atoms with E-state index in [1.165, 1.54) is 0 Å². The maximum atomic E-state index is 5.59. The first-order chi connectivity index (χ1) is 5.74. The molecule has 1 unspecified atom stereocenters. The van der Waals surface area contributed by atoms with Gasteiger partial charge in [0.1, 0.15) is 0 Å². The van der Waals surface area contributed by atoms with Crippen molar-refractivity contribution in [3.63, 3.8) is 0 Å². The number of ether oxygens (including phenoxy) is 1. The molecular formula is C10H15NO. The van der Waals surface area contributed by atoms with Gasteiger partial charge in [0.25, 0.3) is 0 Å². The predicted molar refractivity (Wildman–Crippen MR) is 49.9 cm³/mol. The fourth-order valence-corrected chi connectivity index (χ4v) is 1.04. The molecular weight excluding hydrogens is 150 g/mol. The molecule has 66 valence electrons. The Balaban J connectivity index is 2.63. The van der Waals surface area contributed by atoms with Crippen LogP contribution in [-0.4, -0.2) is 10.7 Å². The molecule has 12 heavy (non-hydrogen) atoms. The zero-order chi connectivity index (χ0) is 8.97. The van der Waals surface area contributed by atoms with Crippen molar-refractivity contribution >= 4 is 0 Å². The largest absolute Gasteiger partial charge is 0.352 e. The maximum Gasteiger partial charge on any atom is 0.152 e. The van der Waals surface area contributed by atoms with Gasteiger partial charge in [0.15, 0.2) is 6.23 Å². The van der Waals surface area contributed by atoms with Gasteiger partial charge < -0.3 is 9.30 Å². The summed E-state index contributed by atoms with van der Waals surface area (Å²) >= 11 is 0. The van der Waals surface area contributed by atoms with Crippen LogP contribution in [0.25, 0.3) is 0 Å². The Kier molecular flexibility index (Phi) is 3.11. The lowest BCUT2D eigenvalue weighted by Crippen LogP contribution is -2.13. The molecule has 2 nitrogen and oxygen atoms in total. The third-order valence-corrected chi connectivity index (χ3v) is 1.53. The summed E-state index contributed by atoms with van der Waals surface area (Å²) in [5, 5.41) is 0. The van der Waals surface area contributed by atoms with Gasteiger partial charge in [-0.25, -0.2) is 0 Å². The third-order valence-electron chi connectivity index (χ3n) is 1.53. The van der Waals surface area contributed by atoms with Gasteiger partial charge in [-0.2, -0.15) is 0 Å². The van der Waals surface area contributed by atoms with Crippen LogP contribution in [0.2, 0.25) is 0 Å². The topological polar surface area (TPSA) is 14.2 Å². The first-order valence-corrected chi connectivity index (χ1v) is 4.14. The van der Waals surface area contributed by atoms with E-state index in [4.69, 9.17) is 4.74 Å². The highest BCUT2D eigenvalue weighted by Gasteiger charge is 2.06. The van der Waals surface area contributed by atoms with Crippen LogP contribution in [0.1, 0.15) is 20.1 Å². The molecule has 2 heteroatoms. The van der Waals surface area contributed by atoms with E-state index in [-0.39, 0.29) is 12.3 Å². The fraction of sp³-hybridized carbons (Fsp3) is 0.400. The summed E-state index contributed by atoms with van der Waals surface area (Å²) in [6.45, 7) is 7.75. The molecule has 1 aromatic rings. The third kappa shape index (κ3) is 2.24. The average Bonchev–Trinajstić information content (AvgIpc) is 2.51. The Morgan fingerprint density at radius 1 is 1.33 bits per heavy atom. The van der Waals surface area contributed by atoms with Crippen LogP contribution in [0.15, 0.2) is 37.2 Å². The number of rotatable bonds is 4. The lowest BCUT2D eigenvalue weighted by molar-refractivity contribution is -0.00572. The number of aromatic nitrogens is 1. The second-order valence-electron chi connectivity index (χ2n) is 2.94. The Bertz CT molecular complexity index is 226. The molecule has 0 spiro atoms. The molecule has 0 aromatic carbocycles. The summed E-state index contributed by atoms with van der Waals surface area (Å²) in [7, 11) is 0. The van der Waals surface area contributed by atoms with Gasteiger partial charge in [0.05, 0.1) is 6.10 Å². The second kappa shape index (κ2) is 4.12. The van der Waals surface area contributed by atoms with Crippen molar-refractivity contribution in [1.82, 2.24) is 4.57 Å². The van der Waals surface area contributed by atoms with Crippen LogP contribution in [0.3, 0.4) is 0 Å². The van der Waals surface area contributed by atoms with Crippen molar-refractivity contribution in [3.05, 3.63) is 37.2 Å². The lowest BCUT2D eigenvalue weighted by Gasteiger charge is -2.18. The predicted octanol–water partition coefficient (Wildman–Crippen LogP) is 2.60. The molecule has 0 amide bonds. The maximum absolute atomic E-state index is 5.59. The molecule has 0 aliphatic heterocycles. The molecule has 0 saturated heterocycles. The van der Waals surface area contributed by atoms with Crippen molar-refractivity contribution in [2.75, 3.05) is 0 Å². The first kappa shape index (κ1) is 9.07. The van der Waals surface area contributed by atoms with Crippen LogP contribution < -0.4 is 0 Å². The smallest absolute Gasteiger partial charge is 0.152 e. The summed E-state index contributed by atoms with van der Waals surface area (Å²) < 4.78 is 7.57. The highest BCUT2D eigenvalue weighted by molar-refractivity contribution is 4.94. The van der Waals surface area contributed by atoms with Crippen LogP contribution in [0.4, 0.5) is 0 Å². The number of hydrogen-bond acceptors (Lipinski definition) is 1. The summed E-state index contributed by atoms with van der Waals surface area (Å²) in [5.74, 6) is 0. The van der Waals surface area contributed by atoms with Gasteiger partial charge in [-0.3, -0.25) is 0 Å². The zero-order valence-corrected chi connectivity index (χ0v) is 7.60. The van der Waals surface area contributed by atoms with Gasteiger partial charge in [-0.05, 0) is 32.1 Å². The minimum atomic E-state index is -0.0417. The SMILES string of the molecule is C=CC(OC(C)C)n1cccc1. The lowest BCUT2D eigenvalue weighted by atomic mass is 10.4. The van der Waals surface area contributed by atoms with Gasteiger partial charge in [0, 0.05) is 12.4 Å². The minimum Gasteiger partial charge on any atom is -0.352 e. The monoisotopic (exact) mass is 165 g/mol. The Hall–Kier alpha value is -1.02. The second-order valence-corrected chi connectivity index (χ2v) is 2.94. The number of nitrogens with zero attached hydrogens (tertiary/aromatic N) is 1. The highest BCUT2D eigenvalue weighted by atomic mass is 16.5. The van der Waals surface area contributed by atoms with E-state index >= 15 is 0 Å². The van der Waals surface area contributed by atoms with Crippen LogP contribution in [0.5, 0.6) is 0 Å². The molecule has 0 fully saturated rings. The summed E-state index contributed by atoms with van der Waals surface area (Å²) in [4.78, 5) is 0. The van der Waals surface area contributed by atoms with E-state index in [1.54, 1.807) is 6.08 Å². The summed E-state index contributed by atoms with van der Waals surface area (Å²) in [6, 6.07) is 3.94. The van der Waals surface area contributed by atoms with E-state index in [1.807, 2.05) is 42.9 Å². The van der Waals surface area contributed by atoms with E-state index in [2.05, 4.69) is 6.58 Å². The zero-order valence-electron chi connectivity index (χ0n) is 7.60. The molecule has 1 aromatic heterocycles. The van der Waals surface area contributed by atoms with E-state index in [9.17, 15) is 0 Å². The Labute approximate surface area is 73.5 Å². The minimum absolute atomic E-state index is 0.0417. The number of hydrogen-bond donors (Lipinski definition) is 0. The molecule has 1 atom stereocenters. The molecule has 1 rings (SSSR count). The molecule has 0 bridgehead atoms. The molecule has 0 saturated carbocycles. The summed E-state index contributed by atoms with van der Waals surface area (Å²) in [5.41, 5.74) is 0. The standard InChI is InChI=1S/C10H15NO/c1-4-10(12-9(2)3)11-7-5-6-8-11/h4-10H,1H2,2-3H3. The molecule has 0 N–H and O–H groups in total. The normalized spacial score (nSPS) is 13.2. The van der Waals surface area contributed by atoms with Crippen LogP contribution in [-0.2, 0) is 4.74 Å².